The second kappa shape index (κ2) is 12.2. The van der Waals surface area contributed by atoms with Gasteiger partial charge in [0.25, 0.3) is 0 Å². The van der Waals surface area contributed by atoms with Crippen LogP contribution in [0.25, 0.3) is 89.5 Å². The lowest BCUT2D eigenvalue weighted by atomic mass is 9.98. The Balaban J connectivity index is 1.23. The number of hydrogen-bond donors (Lipinski definition) is 0. The summed E-state index contributed by atoms with van der Waals surface area (Å²) in [7, 11) is 0. The standard InChI is InChI=1S/C45H29N3O/c1-3-14-30(15-4-1)32-18-11-20-34(28-32)43-46-44(48-45(47-43)40-24-8-7-22-36(40)31-16-5-2-6-17-31)35-21-12-19-33(29-35)37-25-13-26-39-38-23-9-10-27-41(38)49-42(37)39/h1-29H. The van der Waals surface area contributed by atoms with Crippen molar-refractivity contribution in [1.29, 1.82) is 0 Å². The van der Waals surface area contributed by atoms with Crippen molar-refractivity contribution in [3.05, 3.63) is 176 Å². The summed E-state index contributed by atoms with van der Waals surface area (Å²) in [4.78, 5) is 15.4. The zero-order valence-corrected chi connectivity index (χ0v) is 26.5. The molecule has 0 spiro atoms. The molecule has 2 aromatic heterocycles. The highest BCUT2D eigenvalue weighted by Crippen LogP contribution is 2.38. The molecule has 9 aromatic rings. The molecule has 2 heterocycles. The molecule has 4 nitrogen and oxygen atoms in total. The van der Waals surface area contributed by atoms with Gasteiger partial charge in [-0.25, -0.2) is 15.0 Å². The van der Waals surface area contributed by atoms with Crippen LogP contribution in [0.1, 0.15) is 0 Å². The minimum absolute atomic E-state index is 0.603. The van der Waals surface area contributed by atoms with Crippen LogP contribution in [0.4, 0.5) is 0 Å². The van der Waals surface area contributed by atoms with Crippen LogP contribution >= 0.6 is 0 Å². The number of nitrogens with zero attached hydrogens (tertiary/aromatic N) is 3. The van der Waals surface area contributed by atoms with Gasteiger partial charge in [-0.3, -0.25) is 0 Å². The summed E-state index contributed by atoms with van der Waals surface area (Å²) in [5.74, 6) is 1.84. The van der Waals surface area contributed by atoms with E-state index in [4.69, 9.17) is 19.4 Å². The number of benzene rings is 7. The summed E-state index contributed by atoms with van der Waals surface area (Å²) in [6.45, 7) is 0. The average Bonchev–Trinajstić information content (AvgIpc) is 3.58. The van der Waals surface area contributed by atoms with Gasteiger partial charge in [0.05, 0.1) is 0 Å². The van der Waals surface area contributed by atoms with Crippen molar-refractivity contribution in [2.24, 2.45) is 0 Å². The van der Waals surface area contributed by atoms with E-state index in [9.17, 15) is 0 Å². The second-order valence-electron chi connectivity index (χ2n) is 12.0. The second-order valence-corrected chi connectivity index (χ2v) is 12.0. The lowest BCUT2D eigenvalue weighted by molar-refractivity contribution is 0.670. The third kappa shape index (κ3) is 5.35. The van der Waals surface area contributed by atoms with Gasteiger partial charge in [0.1, 0.15) is 11.2 Å². The largest absolute Gasteiger partial charge is 0.455 e. The summed E-state index contributed by atoms with van der Waals surface area (Å²) in [5, 5.41) is 2.20. The van der Waals surface area contributed by atoms with E-state index in [2.05, 4.69) is 140 Å². The fraction of sp³-hybridized carbons (Fsp3) is 0. The van der Waals surface area contributed by atoms with Gasteiger partial charge in [-0.15, -0.1) is 0 Å². The number of aromatic nitrogens is 3. The van der Waals surface area contributed by atoms with Crippen molar-refractivity contribution in [3.63, 3.8) is 0 Å². The maximum Gasteiger partial charge on any atom is 0.164 e. The molecule has 0 saturated carbocycles. The van der Waals surface area contributed by atoms with Gasteiger partial charge in [0.2, 0.25) is 0 Å². The molecular weight excluding hydrogens is 599 g/mol. The first-order valence-electron chi connectivity index (χ1n) is 16.4. The third-order valence-corrected chi connectivity index (χ3v) is 8.95. The van der Waals surface area contributed by atoms with Gasteiger partial charge in [-0.05, 0) is 46.0 Å². The van der Waals surface area contributed by atoms with Crippen LogP contribution in [0.15, 0.2) is 180 Å². The Hall–Kier alpha value is -6.65. The Kier molecular flexibility index (Phi) is 7.10. The first kappa shape index (κ1) is 28.6. The molecule has 0 N–H and O–H groups in total. The van der Waals surface area contributed by atoms with Crippen LogP contribution in [0.5, 0.6) is 0 Å². The molecule has 0 amide bonds. The molecule has 0 aliphatic carbocycles. The van der Waals surface area contributed by atoms with Gasteiger partial charge in [-0.2, -0.15) is 0 Å². The van der Waals surface area contributed by atoms with E-state index >= 15 is 0 Å². The summed E-state index contributed by atoms with van der Waals surface area (Å²) < 4.78 is 6.40. The van der Waals surface area contributed by atoms with Crippen molar-refractivity contribution in [1.82, 2.24) is 15.0 Å². The van der Waals surface area contributed by atoms with E-state index in [1.807, 2.05) is 36.4 Å². The zero-order chi connectivity index (χ0) is 32.6. The highest BCUT2D eigenvalue weighted by molar-refractivity contribution is 6.09. The monoisotopic (exact) mass is 627 g/mol. The molecule has 0 aliphatic rings. The van der Waals surface area contributed by atoms with E-state index in [0.29, 0.717) is 17.5 Å². The summed E-state index contributed by atoms with van der Waals surface area (Å²) in [6, 6.07) is 60.3. The van der Waals surface area contributed by atoms with Gasteiger partial charge < -0.3 is 4.42 Å². The van der Waals surface area contributed by atoms with Crippen LogP contribution in [-0.2, 0) is 0 Å². The normalized spacial score (nSPS) is 11.3. The molecule has 230 valence electrons. The molecule has 0 unspecified atom stereocenters. The van der Waals surface area contributed by atoms with E-state index in [-0.39, 0.29) is 0 Å². The van der Waals surface area contributed by atoms with Crippen LogP contribution in [0, 0.1) is 0 Å². The Morgan fingerprint density at radius 1 is 0.306 bits per heavy atom. The third-order valence-electron chi connectivity index (χ3n) is 8.95. The highest BCUT2D eigenvalue weighted by Gasteiger charge is 2.17. The minimum atomic E-state index is 0.603. The van der Waals surface area contributed by atoms with E-state index < -0.39 is 0 Å². The molecule has 7 aromatic carbocycles. The Bertz CT molecular complexity index is 2610. The SMILES string of the molecule is c1ccc(-c2cccc(-c3nc(-c4cccc(-c5cccc6c5oc5ccccc56)c4)nc(-c4ccccc4-c4ccccc4)n3)c2)cc1. The summed E-state index contributed by atoms with van der Waals surface area (Å²) in [5.41, 5.74) is 11.0. The molecule has 0 fully saturated rings. The highest BCUT2D eigenvalue weighted by atomic mass is 16.3. The van der Waals surface area contributed by atoms with E-state index in [1.54, 1.807) is 0 Å². The minimum Gasteiger partial charge on any atom is -0.455 e. The van der Waals surface area contributed by atoms with Crippen molar-refractivity contribution in [2.75, 3.05) is 0 Å². The van der Waals surface area contributed by atoms with Crippen molar-refractivity contribution < 1.29 is 4.42 Å². The molecular formula is C45H29N3O. The summed E-state index contributed by atoms with van der Waals surface area (Å²) >= 11 is 0. The fourth-order valence-corrected chi connectivity index (χ4v) is 6.57. The Morgan fingerprint density at radius 3 is 1.55 bits per heavy atom. The zero-order valence-electron chi connectivity index (χ0n) is 26.5. The van der Waals surface area contributed by atoms with Crippen LogP contribution in [0.3, 0.4) is 0 Å². The molecule has 4 heteroatoms. The van der Waals surface area contributed by atoms with E-state index in [1.165, 1.54) is 0 Å². The number of para-hydroxylation sites is 2. The number of hydrogen-bond acceptors (Lipinski definition) is 4. The summed E-state index contributed by atoms with van der Waals surface area (Å²) in [6.07, 6.45) is 0. The molecule has 0 saturated heterocycles. The van der Waals surface area contributed by atoms with Gasteiger partial charge in [0, 0.05) is 33.0 Å². The maximum absolute atomic E-state index is 6.40. The first-order chi connectivity index (χ1) is 24.3. The smallest absolute Gasteiger partial charge is 0.164 e. The molecule has 49 heavy (non-hydrogen) atoms. The Labute approximate surface area is 284 Å². The topological polar surface area (TPSA) is 51.8 Å². The molecule has 0 aliphatic heterocycles. The average molecular weight is 628 g/mol. The van der Waals surface area contributed by atoms with Crippen LogP contribution in [-0.4, -0.2) is 15.0 Å². The maximum atomic E-state index is 6.40. The lowest BCUT2D eigenvalue weighted by Crippen LogP contribution is -2.01. The number of fused-ring (bicyclic) bond motifs is 3. The molecule has 0 radical (unpaired) electrons. The van der Waals surface area contributed by atoms with Crippen molar-refractivity contribution >= 4 is 21.9 Å². The van der Waals surface area contributed by atoms with Gasteiger partial charge >= 0.3 is 0 Å². The predicted molar refractivity (Wildman–Crippen MR) is 200 cm³/mol. The van der Waals surface area contributed by atoms with Gasteiger partial charge in [-0.1, -0.05) is 158 Å². The fourth-order valence-electron chi connectivity index (χ4n) is 6.57. The molecule has 9 rings (SSSR count). The molecule has 0 atom stereocenters. The number of furan rings is 1. The molecule has 0 bridgehead atoms. The Morgan fingerprint density at radius 2 is 0.796 bits per heavy atom. The lowest BCUT2D eigenvalue weighted by Gasteiger charge is -2.13. The van der Waals surface area contributed by atoms with Crippen molar-refractivity contribution in [3.8, 4) is 67.5 Å². The van der Waals surface area contributed by atoms with Crippen LogP contribution < -0.4 is 0 Å². The van der Waals surface area contributed by atoms with E-state index in [0.717, 1.165) is 72.0 Å². The van der Waals surface area contributed by atoms with Crippen LogP contribution in [0.2, 0.25) is 0 Å². The number of rotatable bonds is 6. The quantitative estimate of drug-likeness (QED) is 0.184. The predicted octanol–water partition coefficient (Wildman–Crippen LogP) is 11.8. The van der Waals surface area contributed by atoms with Gasteiger partial charge in [0.15, 0.2) is 17.5 Å². The van der Waals surface area contributed by atoms with Crippen molar-refractivity contribution in [2.45, 2.75) is 0 Å². The first-order valence-corrected chi connectivity index (χ1v) is 16.4.